The van der Waals surface area contributed by atoms with Gasteiger partial charge in [-0.1, -0.05) is 80.4 Å². The molecule has 0 unspecified atom stereocenters. The van der Waals surface area contributed by atoms with Crippen molar-refractivity contribution < 1.29 is 9.90 Å². The second-order valence-electron chi connectivity index (χ2n) is 10.6. The molecule has 5 rings (SSSR count). The highest BCUT2D eigenvalue weighted by molar-refractivity contribution is 7.17. The molecule has 0 spiro atoms. The number of carboxylic acids is 1. The second-order valence-corrected chi connectivity index (χ2v) is 11.7. The third-order valence-electron chi connectivity index (χ3n) is 8.06. The van der Waals surface area contributed by atoms with Gasteiger partial charge in [0.1, 0.15) is 4.88 Å². The van der Waals surface area contributed by atoms with Crippen LogP contribution in [0.1, 0.15) is 66.2 Å². The van der Waals surface area contributed by atoms with Crippen molar-refractivity contribution >= 4 is 22.9 Å². The third-order valence-corrected chi connectivity index (χ3v) is 9.23. The number of hydrogen-bond donors (Lipinski definition) is 1. The van der Waals surface area contributed by atoms with Gasteiger partial charge in [-0.05, 0) is 78.8 Å². The summed E-state index contributed by atoms with van der Waals surface area (Å²) in [5.74, 6) is 0.581. The zero-order valence-electron chi connectivity index (χ0n) is 21.3. The minimum Gasteiger partial charge on any atom is -0.477 e. The number of aryl methyl sites for hydroxylation is 1. The number of benzene rings is 2. The summed E-state index contributed by atoms with van der Waals surface area (Å²) < 4.78 is 0. The molecule has 188 valence electrons. The molecule has 1 aliphatic carbocycles. The summed E-state index contributed by atoms with van der Waals surface area (Å²) >= 11 is 1.43. The van der Waals surface area contributed by atoms with Crippen LogP contribution in [0.3, 0.4) is 0 Å². The van der Waals surface area contributed by atoms with E-state index in [1.165, 1.54) is 53.7 Å². The van der Waals surface area contributed by atoms with E-state index in [-0.39, 0.29) is 0 Å². The summed E-state index contributed by atoms with van der Waals surface area (Å²) in [6.45, 7) is 5.46. The monoisotopic (exact) mass is 499 g/mol. The van der Waals surface area contributed by atoms with Crippen molar-refractivity contribution in [3.63, 3.8) is 0 Å². The first-order valence-electron chi connectivity index (χ1n) is 13.5. The Morgan fingerprint density at radius 2 is 1.69 bits per heavy atom. The van der Waals surface area contributed by atoms with Crippen LogP contribution in [0, 0.1) is 11.8 Å². The first-order valence-corrected chi connectivity index (χ1v) is 14.3. The summed E-state index contributed by atoms with van der Waals surface area (Å²) in [7, 11) is 0. The van der Waals surface area contributed by atoms with Crippen LogP contribution >= 0.6 is 11.3 Å². The molecule has 3 aromatic rings. The molecule has 0 radical (unpaired) electrons. The normalized spacial score (nSPS) is 21.0. The molecule has 36 heavy (non-hydrogen) atoms. The zero-order chi connectivity index (χ0) is 24.9. The number of thiophene rings is 1. The Kier molecular flexibility index (Phi) is 8.03. The number of carboxylic acid groups (broad SMARTS) is 1. The average molecular weight is 500 g/mol. The van der Waals surface area contributed by atoms with E-state index < -0.39 is 5.97 Å². The Bertz CT molecular complexity index is 1190. The predicted molar refractivity (Wildman–Crippen MR) is 151 cm³/mol. The van der Waals surface area contributed by atoms with Gasteiger partial charge >= 0.3 is 5.97 Å². The van der Waals surface area contributed by atoms with Gasteiger partial charge in [0.05, 0.1) is 0 Å². The molecule has 2 heterocycles. The van der Waals surface area contributed by atoms with Gasteiger partial charge in [0.2, 0.25) is 0 Å². The van der Waals surface area contributed by atoms with Crippen LogP contribution in [0.25, 0.3) is 16.0 Å². The van der Waals surface area contributed by atoms with Crippen LogP contribution < -0.4 is 0 Å². The molecule has 1 aliphatic heterocycles. The summed E-state index contributed by atoms with van der Waals surface area (Å²) in [5, 5.41) is 10.1. The highest BCUT2D eigenvalue weighted by Gasteiger charge is 2.31. The van der Waals surface area contributed by atoms with Gasteiger partial charge in [-0.15, -0.1) is 11.3 Å². The molecule has 0 amide bonds. The van der Waals surface area contributed by atoms with Crippen molar-refractivity contribution in [3.8, 4) is 10.4 Å². The van der Waals surface area contributed by atoms with Crippen LogP contribution in [0.5, 0.6) is 0 Å². The van der Waals surface area contributed by atoms with E-state index in [1.807, 2.05) is 18.2 Å². The molecular formula is C32H37NO2S. The molecule has 2 aliphatic rings. The Balaban J connectivity index is 1.43. The molecular weight excluding hydrogens is 462 g/mol. The molecule has 0 saturated heterocycles. The summed E-state index contributed by atoms with van der Waals surface area (Å²) in [5.41, 5.74) is 6.33. The highest BCUT2D eigenvalue weighted by Crippen LogP contribution is 2.43. The Morgan fingerprint density at radius 1 is 1.00 bits per heavy atom. The largest absolute Gasteiger partial charge is 0.477 e. The molecule has 0 bridgehead atoms. The number of aromatic carboxylic acids is 1. The van der Waals surface area contributed by atoms with Gasteiger partial charge in [0.15, 0.2) is 0 Å². The second kappa shape index (κ2) is 11.6. The summed E-state index contributed by atoms with van der Waals surface area (Å²) in [4.78, 5) is 16.5. The molecule has 1 fully saturated rings. The lowest BCUT2D eigenvalue weighted by Gasteiger charge is -2.37. The minimum atomic E-state index is -0.799. The molecule has 3 nitrogen and oxygen atoms in total. The average Bonchev–Trinajstić information content (AvgIpc) is 3.36. The predicted octanol–water partition coefficient (Wildman–Crippen LogP) is 8.03. The van der Waals surface area contributed by atoms with Crippen molar-refractivity contribution in [1.29, 1.82) is 0 Å². The maximum atomic E-state index is 12.4. The fourth-order valence-corrected chi connectivity index (χ4v) is 7.03. The number of nitrogens with zero attached hydrogens (tertiary/aromatic N) is 1. The summed E-state index contributed by atoms with van der Waals surface area (Å²) in [6.07, 6.45) is 8.23. The van der Waals surface area contributed by atoms with Crippen molar-refractivity contribution in [2.24, 2.45) is 11.8 Å². The minimum absolute atomic E-state index is 0.503. The summed E-state index contributed by atoms with van der Waals surface area (Å²) in [6, 6.07) is 23.1. The van der Waals surface area contributed by atoms with Crippen molar-refractivity contribution in [2.75, 3.05) is 19.6 Å². The Labute approximate surface area is 219 Å². The van der Waals surface area contributed by atoms with Gasteiger partial charge in [0.25, 0.3) is 0 Å². The van der Waals surface area contributed by atoms with E-state index in [2.05, 4.69) is 60.4 Å². The lowest BCUT2D eigenvalue weighted by Crippen LogP contribution is -2.35. The standard InChI is InChI=1S/C32H37NO2S/c1-23-14-16-25(17-15-23)29-22-33(19-8-11-24-9-4-2-5-10-24)20-18-27(29)28-21-30(36-31(28)32(34)35)26-12-6-3-7-13-26/h2-7,9-10,12-13,21,23,25H,8,11,14-20,22H2,1H3,(H,34,35). The number of hydrogen-bond acceptors (Lipinski definition) is 3. The fourth-order valence-electron chi connectivity index (χ4n) is 6.00. The molecule has 0 atom stereocenters. The zero-order valence-corrected chi connectivity index (χ0v) is 22.1. The lowest BCUT2D eigenvalue weighted by molar-refractivity contribution is 0.0702. The smallest absolute Gasteiger partial charge is 0.346 e. The van der Waals surface area contributed by atoms with E-state index in [9.17, 15) is 9.90 Å². The quantitative estimate of drug-likeness (QED) is 0.341. The van der Waals surface area contributed by atoms with Gasteiger partial charge in [-0.2, -0.15) is 0 Å². The maximum absolute atomic E-state index is 12.4. The molecule has 1 aromatic heterocycles. The van der Waals surface area contributed by atoms with Crippen molar-refractivity contribution in [2.45, 2.75) is 51.9 Å². The van der Waals surface area contributed by atoms with Gasteiger partial charge in [-0.25, -0.2) is 4.79 Å². The molecule has 1 saturated carbocycles. The molecule has 4 heteroatoms. The molecule has 1 N–H and O–H groups in total. The number of rotatable bonds is 8. The first kappa shape index (κ1) is 25.0. The Morgan fingerprint density at radius 3 is 2.39 bits per heavy atom. The highest BCUT2D eigenvalue weighted by atomic mass is 32.1. The lowest BCUT2D eigenvalue weighted by atomic mass is 9.75. The number of carbonyl (C=O) groups is 1. The SMILES string of the molecule is CC1CCC(C2=C(c3cc(-c4ccccc4)sc3C(=O)O)CCN(CCCc3ccccc3)C2)CC1. The van der Waals surface area contributed by atoms with Crippen LogP contribution in [-0.2, 0) is 6.42 Å². The third kappa shape index (κ3) is 5.82. The maximum Gasteiger partial charge on any atom is 0.346 e. The van der Waals surface area contributed by atoms with Crippen LogP contribution in [0.2, 0.25) is 0 Å². The van der Waals surface area contributed by atoms with Crippen LogP contribution in [0.4, 0.5) is 0 Å². The van der Waals surface area contributed by atoms with E-state index >= 15 is 0 Å². The topological polar surface area (TPSA) is 40.5 Å². The van der Waals surface area contributed by atoms with Crippen LogP contribution in [-0.4, -0.2) is 35.6 Å². The van der Waals surface area contributed by atoms with Gasteiger partial charge in [-0.3, -0.25) is 4.90 Å². The van der Waals surface area contributed by atoms with Crippen molar-refractivity contribution in [3.05, 3.63) is 88.3 Å². The van der Waals surface area contributed by atoms with E-state index in [4.69, 9.17) is 0 Å². The first-order chi connectivity index (χ1) is 17.6. The van der Waals surface area contributed by atoms with Gasteiger partial charge < -0.3 is 5.11 Å². The fraction of sp³-hybridized carbons (Fsp3) is 0.406. The Hall–Kier alpha value is -2.69. The van der Waals surface area contributed by atoms with E-state index in [0.29, 0.717) is 10.8 Å². The van der Waals surface area contributed by atoms with E-state index in [0.717, 1.165) is 60.8 Å². The van der Waals surface area contributed by atoms with Crippen LogP contribution in [0.15, 0.2) is 72.3 Å². The van der Waals surface area contributed by atoms with E-state index in [1.54, 1.807) is 0 Å². The van der Waals surface area contributed by atoms with Crippen molar-refractivity contribution in [1.82, 2.24) is 4.90 Å². The molecule has 2 aromatic carbocycles. The van der Waals surface area contributed by atoms with Gasteiger partial charge in [0, 0.05) is 23.5 Å².